The Balaban J connectivity index is 2.16. The van der Waals surface area contributed by atoms with Gasteiger partial charge in [0.15, 0.2) is 5.82 Å². The van der Waals surface area contributed by atoms with Crippen LogP contribution in [0.1, 0.15) is 17.4 Å². The lowest BCUT2D eigenvalue weighted by Crippen LogP contribution is -2.29. The van der Waals surface area contributed by atoms with E-state index in [-0.39, 0.29) is 17.3 Å². The summed E-state index contributed by atoms with van der Waals surface area (Å²) in [6, 6.07) is 1.74. The van der Waals surface area contributed by atoms with Crippen LogP contribution >= 0.6 is 11.3 Å². The minimum Gasteiger partial charge on any atom is -0.387 e. The van der Waals surface area contributed by atoms with Gasteiger partial charge in [-0.2, -0.15) is 16.4 Å². The van der Waals surface area contributed by atoms with Gasteiger partial charge in [0.1, 0.15) is 4.90 Å². The van der Waals surface area contributed by atoms with E-state index in [0.717, 1.165) is 0 Å². The molecule has 0 saturated heterocycles. The number of aliphatic hydroxyl groups is 1. The second-order valence-electron chi connectivity index (χ2n) is 4.35. The average Bonchev–Trinajstić information content (AvgIpc) is 2.96. The number of thiophene rings is 1. The van der Waals surface area contributed by atoms with E-state index in [0.29, 0.717) is 11.3 Å². The molecule has 110 valence electrons. The van der Waals surface area contributed by atoms with Gasteiger partial charge in [-0.1, -0.05) is 0 Å². The van der Waals surface area contributed by atoms with Crippen LogP contribution < -0.4 is 10.5 Å². The summed E-state index contributed by atoms with van der Waals surface area (Å²) < 4.78 is 28.2. The molecule has 7 nitrogen and oxygen atoms in total. The number of nitrogens with two attached hydrogens (primary N) is 1. The number of aliphatic hydroxyl groups excluding tert-OH is 1. The zero-order valence-electron chi connectivity index (χ0n) is 11.1. The molecule has 2 heterocycles. The molecule has 1 unspecified atom stereocenters. The maximum atomic E-state index is 12.2. The summed E-state index contributed by atoms with van der Waals surface area (Å²) in [7, 11) is -2.19. The van der Waals surface area contributed by atoms with Crippen LogP contribution in [0.25, 0.3) is 0 Å². The predicted molar refractivity (Wildman–Crippen MR) is 76.8 cm³/mol. The second kappa shape index (κ2) is 5.52. The van der Waals surface area contributed by atoms with E-state index in [2.05, 4.69) is 9.82 Å². The van der Waals surface area contributed by atoms with Crippen LogP contribution in [0.4, 0.5) is 5.82 Å². The van der Waals surface area contributed by atoms with Crippen molar-refractivity contribution in [2.24, 2.45) is 7.05 Å². The van der Waals surface area contributed by atoms with Crippen LogP contribution in [0.2, 0.25) is 0 Å². The summed E-state index contributed by atoms with van der Waals surface area (Å²) in [5, 5.41) is 17.3. The first kappa shape index (κ1) is 15.0. The Morgan fingerprint density at radius 3 is 2.80 bits per heavy atom. The smallest absolute Gasteiger partial charge is 0.246 e. The molecular weight excluding hydrogens is 300 g/mol. The molecule has 2 aromatic rings. The molecule has 0 amide bonds. The van der Waals surface area contributed by atoms with Gasteiger partial charge in [0.25, 0.3) is 0 Å². The number of nitrogens with one attached hydrogen (secondary N) is 1. The van der Waals surface area contributed by atoms with E-state index < -0.39 is 16.1 Å². The van der Waals surface area contributed by atoms with Gasteiger partial charge in [-0.15, -0.1) is 0 Å². The third kappa shape index (κ3) is 2.85. The van der Waals surface area contributed by atoms with Gasteiger partial charge < -0.3 is 10.8 Å². The number of aromatic nitrogens is 2. The van der Waals surface area contributed by atoms with E-state index in [4.69, 9.17) is 5.73 Å². The first-order valence-electron chi connectivity index (χ1n) is 5.82. The molecule has 4 N–H and O–H groups in total. The SMILES string of the molecule is Cc1c(S(=O)(=O)NCC(O)c2ccsc2)c(N)nn1C. The van der Waals surface area contributed by atoms with E-state index in [1.807, 2.05) is 5.38 Å². The maximum absolute atomic E-state index is 12.2. The zero-order valence-corrected chi connectivity index (χ0v) is 12.7. The number of nitrogen functional groups attached to an aromatic ring is 1. The van der Waals surface area contributed by atoms with Crippen LogP contribution in [-0.4, -0.2) is 29.8 Å². The topological polar surface area (TPSA) is 110 Å². The molecule has 0 saturated carbocycles. The Hall–Kier alpha value is -1.42. The van der Waals surface area contributed by atoms with E-state index in [9.17, 15) is 13.5 Å². The Bertz CT molecular complexity index is 692. The number of aryl methyl sites for hydroxylation is 1. The highest BCUT2D eigenvalue weighted by atomic mass is 32.2. The van der Waals surface area contributed by atoms with Gasteiger partial charge in [-0.3, -0.25) is 4.68 Å². The largest absolute Gasteiger partial charge is 0.387 e. The van der Waals surface area contributed by atoms with Crippen LogP contribution in [0.3, 0.4) is 0 Å². The van der Waals surface area contributed by atoms with Crippen LogP contribution in [0.15, 0.2) is 21.7 Å². The molecule has 0 aliphatic heterocycles. The molecule has 20 heavy (non-hydrogen) atoms. The van der Waals surface area contributed by atoms with E-state index >= 15 is 0 Å². The van der Waals surface area contributed by atoms with Gasteiger partial charge >= 0.3 is 0 Å². The van der Waals surface area contributed by atoms with Crippen molar-refractivity contribution >= 4 is 27.2 Å². The lowest BCUT2D eigenvalue weighted by Gasteiger charge is -2.11. The summed E-state index contributed by atoms with van der Waals surface area (Å²) in [5.41, 5.74) is 6.74. The molecule has 0 aliphatic carbocycles. The maximum Gasteiger partial charge on any atom is 0.246 e. The highest BCUT2D eigenvalue weighted by Crippen LogP contribution is 2.22. The van der Waals surface area contributed by atoms with Crippen molar-refractivity contribution in [3.05, 3.63) is 28.1 Å². The van der Waals surface area contributed by atoms with E-state index in [1.165, 1.54) is 16.0 Å². The van der Waals surface area contributed by atoms with Crippen molar-refractivity contribution < 1.29 is 13.5 Å². The van der Waals surface area contributed by atoms with Crippen molar-refractivity contribution in [3.8, 4) is 0 Å². The fourth-order valence-corrected chi connectivity index (χ4v) is 3.86. The number of rotatable bonds is 5. The summed E-state index contributed by atoms with van der Waals surface area (Å²) in [4.78, 5) is -0.0440. The lowest BCUT2D eigenvalue weighted by molar-refractivity contribution is 0.182. The van der Waals surface area contributed by atoms with Crippen LogP contribution in [-0.2, 0) is 17.1 Å². The Labute approximate surface area is 121 Å². The quantitative estimate of drug-likeness (QED) is 0.739. The van der Waals surface area contributed by atoms with Gasteiger partial charge in [0.2, 0.25) is 10.0 Å². The number of hydrogen-bond donors (Lipinski definition) is 3. The molecule has 9 heteroatoms. The number of nitrogens with zero attached hydrogens (tertiary/aromatic N) is 2. The molecule has 2 aromatic heterocycles. The van der Waals surface area contributed by atoms with Crippen molar-refractivity contribution in [1.29, 1.82) is 0 Å². The molecule has 1 atom stereocenters. The summed E-state index contributed by atoms with van der Waals surface area (Å²) in [6.45, 7) is 1.50. The third-order valence-electron chi connectivity index (χ3n) is 2.97. The Morgan fingerprint density at radius 1 is 1.60 bits per heavy atom. The molecule has 0 fully saturated rings. The predicted octanol–water partition coefficient (Wildman–Crippen LogP) is 0.384. The second-order valence-corrected chi connectivity index (χ2v) is 6.83. The normalized spacial score (nSPS) is 13.6. The zero-order chi connectivity index (χ0) is 14.9. The molecule has 0 bridgehead atoms. The molecular formula is C11H16N4O3S2. The van der Waals surface area contributed by atoms with Gasteiger partial charge in [-0.25, -0.2) is 13.1 Å². The van der Waals surface area contributed by atoms with Crippen LogP contribution in [0.5, 0.6) is 0 Å². The third-order valence-corrected chi connectivity index (χ3v) is 5.26. The number of anilines is 1. The fraction of sp³-hybridized carbons (Fsp3) is 0.364. The van der Waals surface area contributed by atoms with E-state index in [1.54, 1.807) is 25.4 Å². The van der Waals surface area contributed by atoms with Gasteiger partial charge in [-0.05, 0) is 29.3 Å². The lowest BCUT2D eigenvalue weighted by atomic mass is 10.2. The first-order valence-corrected chi connectivity index (χ1v) is 8.24. The molecule has 2 rings (SSSR count). The van der Waals surface area contributed by atoms with Crippen molar-refractivity contribution in [1.82, 2.24) is 14.5 Å². The molecule has 0 spiro atoms. The molecule has 0 aliphatic rings. The van der Waals surface area contributed by atoms with Crippen molar-refractivity contribution in [3.63, 3.8) is 0 Å². The number of hydrogen-bond acceptors (Lipinski definition) is 6. The summed E-state index contributed by atoms with van der Waals surface area (Å²) in [5.74, 6) is -0.0532. The van der Waals surface area contributed by atoms with Gasteiger partial charge in [0.05, 0.1) is 11.8 Å². The highest BCUT2D eigenvalue weighted by Gasteiger charge is 2.25. The van der Waals surface area contributed by atoms with Gasteiger partial charge in [0, 0.05) is 13.6 Å². The fourth-order valence-electron chi connectivity index (χ4n) is 1.79. The summed E-state index contributed by atoms with van der Waals surface area (Å²) in [6.07, 6.45) is -0.894. The summed E-state index contributed by atoms with van der Waals surface area (Å²) >= 11 is 1.44. The highest BCUT2D eigenvalue weighted by molar-refractivity contribution is 7.89. The molecule has 0 aromatic carbocycles. The van der Waals surface area contributed by atoms with Crippen LogP contribution in [0, 0.1) is 6.92 Å². The average molecular weight is 316 g/mol. The Morgan fingerprint density at radius 2 is 2.30 bits per heavy atom. The first-order chi connectivity index (χ1) is 9.33. The minimum atomic E-state index is -3.80. The Kier molecular flexibility index (Phi) is 4.14. The number of sulfonamides is 1. The van der Waals surface area contributed by atoms with Crippen molar-refractivity contribution in [2.75, 3.05) is 12.3 Å². The standard InChI is InChI=1S/C11H16N4O3S2/c1-7-10(11(12)14-15(7)2)20(17,18)13-5-9(16)8-3-4-19-6-8/h3-4,6,9,13,16H,5H2,1-2H3,(H2,12,14). The minimum absolute atomic E-state index is 0.0440. The molecule has 0 radical (unpaired) electrons. The van der Waals surface area contributed by atoms with Crippen molar-refractivity contribution in [2.45, 2.75) is 17.9 Å². The monoisotopic (exact) mass is 316 g/mol.